The number of carbonyl (C=O) groups excluding carboxylic acids is 10. The lowest BCUT2D eigenvalue weighted by molar-refractivity contribution is -0.141. The van der Waals surface area contributed by atoms with E-state index in [1.807, 2.05) is 76.5 Å². The molecule has 0 unspecified atom stereocenters. The molecule has 0 aliphatic carbocycles. The Morgan fingerprint density at radius 3 is 1.29 bits per heavy atom. The summed E-state index contributed by atoms with van der Waals surface area (Å²) in [4.78, 5) is 131. The first-order chi connectivity index (χ1) is 52.9. The van der Waals surface area contributed by atoms with Gasteiger partial charge in [0.25, 0.3) is 11.8 Å². The maximum atomic E-state index is 14.0. The number of nitrogens with one attached hydrogen (secondary N) is 4. The van der Waals surface area contributed by atoms with Crippen molar-refractivity contribution in [3.8, 4) is 23.0 Å². The number of Topliss-reactive ketones (excluding diaryl/α,β-unsaturated/α-hetero) is 2. The molecule has 0 bridgehead atoms. The second kappa shape index (κ2) is 38.6. The van der Waals surface area contributed by atoms with Crippen molar-refractivity contribution in [1.29, 1.82) is 0 Å². The number of nitrogens with zero attached hydrogens (tertiary/aromatic N) is 2. The number of hydrogen-bond donors (Lipinski definition) is 5. The Hall–Kier alpha value is -10.2. The molecular weight excluding hydrogens is 1430 g/mol. The molecule has 0 aromatic heterocycles. The number of amides is 6. The molecular formula is C86H108N6O18Si. The summed E-state index contributed by atoms with van der Waals surface area (Å²) in [5.74, 6) is -2.12. The van der Waals surface area contributed by atoms with Crippen LogP contribution in [0.3, 0.4) is 0 Å². The summed E-state index contributed by atoms with van der Waals surface area (Å²) >= 11 is 0. The topological polar surface area (TPSA) is 310 Å². The second-order valence-electron chi connectivity index (χ2n) is 30.8. The van der Waals surface area contributed by atoms with Crippen LogP contribution in [0.1, 0.15) is 191 Å². The third-order valence-electron chi connectivity index (χ3n) is 21.5. The van der Waals surface area contributed by atoms with Gasteiger partial charge in [-0.05, 0) is 213 Å². The standard InChI is InChI=1S/C46H61N3O9Si.C40H47N3O9/c1-29(20-39(50)30(2)47-42(51)16-12-13-17-43(52)56-7)44(53)48-35-22-31(21-32(23-35)28-58-59(8,9)46(3,4)5)27-57-41-25-33-18-19-36-24-34-14-10-11-15-38(34)49(36)45(54)37(33)26-40(41)55-6;1-24(15-34(45)25(2)41-37(46)11-7-8-12-38(47)51-4)39(48)42-30-17-26(22-44)16-27(18-30)23-52-36-20-28-13-14-31-19-29-9-5-6-10-33(29)43(31)40(49)32(28)21-35(36)50-3/h10-11,14-15,21-23,25-26,29-30,36H,12-13,16-20,24,27-28H2,1-9H3,(H,47,51)(H,48,53);5-6,9-10,16-18,20-21,24-25,31,44H,7-8,11-15,19,22-23H2,1-4H3,(H,41,46)(H,42,48)/t29-,30+,36-;24-,25+,31-/m11/s1. The van der Waals surface area contributed by atoms with Crippen molar-refractivity contribution >= 4 is 90.0 Å². The van der Waals surface area contributed by atoms with Gasteiger partial charge in [0.2, 0.25) is 23.6 Å². The molecule has 4 heterocycles. The van der Waals surface area contributed by atoms with Crippen LogP contribution in [0.4, 0.5) is 22.7 Å². The van der Waals surface area contributed by atoms with E-state index in [1.54, 1.807) is 65.1 Å². The zero-order chi connectivity index (χ0) is 80.4. The van der Waals surface area contributed by atoms with Gasteiger partial charge in [0.15, 0.2) is 42.9 Å². The van der Waals surface area contributed by atoms with E-state index < -0.39 is 38.1 Å². The predicted octanol–water partition coefficient (Wildman–Crippen LogP) is 13.1. The van der Waals surface area contributed by atoms with Crippen molar-refractivity contribution in [2.45, 2.75) is 220 Å². The average molecular weight is 1540 g/mol. The summed E-state index contributed by atoms with van der Waals surface area (Å²) in [5, 5.41) is 21.2. The number of hydrogen-bond acceptors (Lipinski definition) is 18. The van der Waals surface area contributed by atoms with E-state index in [-0.39, 0.29) is 129 Å². The number of ether oxygens (including phenoxy) is 6. The highest BCUT2D eigenvalue weighted by molar-refractivity contribution is 6.74. The van der Waals surface area contributed by atoms with Gasteiger partial charge < -0.3 is 69.0 Å². The second-order valence-corrected chi connectivity index (χ2v) is 35.7. The number of fused-ring (bicyclic) bond motifs is 8. The molecule has 0 radical (unpaired) electrons. The summed E-state index contributed by atoms with van der Waals surface area (Å²) in [7, 11) is 3.61. The Labute approximate surface area is 651 Å². The summed E-state index contributed by atoms with van der Waals surface area (Å²) in [5.41, 5.74) is 11.1. The third-order valence-corrected chi connectivity index (χ3v) is 26.0. The molecule has 0 fully saturated rings. The Morgan fingerprint density at radius 2 is 0.892 bits per heavy atom. The van der Waals surface area contributed by atoms with Gasteiger partial charge in [-0.1, -0.05) is 71.0 Å². The first kappa shape index (κ1) is 84.8. The molecule has 0 spiro atoms. The highest BCUT2D eigenvalue weighted by atomic mass is 28.4. The van der Waals surface area contributed by atoms with Crippen LogP contribution in [-0.4, -0.2) is 125 Å². The molecule has 4 aliphatic heterocycles. The molecule has 4 aliphatic rings. The lowest BCUT2D eigenvalue weighted by Crippen LogP contribution is -2.40. The number of anilines is 4. The number of aliphatic hydroxyl groups is 1. The normalized spacial score (nSPS) is 15.8. The smallest absolute Gasteiger partial charge is 0.305 e. The van der Waals surface area contributed by atoms with Crippen LogP contribution >= 0.6 is 0 Å². The van der Waals surface area contributed by atoms with Crippen LogP contribution in [0.2, 0.25) is 18.1 Å². The minimum Gasteiger partial charge on any atom is -0.493 e. The van der Waals surface area contributed by atoms with Crippen molar-refractivity contribution in [3.63, 3.8) is 0 Å². The zero-order valence-electron chi connectivity index (χ0n) is 66.3. The molecule has 111 heavy (non-hydrogen) atoms. The van der Waals surface area contributed by atoms with E-state index in [0.717, 1.165) is 65.7 Å². The van der Waals surface area contributed by atoms with Crippen LogP contribution in [0.5, 0.6) is 23.0 Å². The fourth-order valence-electron chi connectivity index (χ4n) is 14.0. The van der Waals surface area contributed by atoms with Crippen molar-refractivity contribution in [3.05, 3.63) is 165 Å². The number of carbonyl (C=O) groups is 10. The van der Waals surface area contributed by atoms with Gasteiger partial charge in [-0.3, -0.25) is 47.9 Å². The minimum atomic E-state index is -2.12. The number of para-hydroxylation sites is 2. The molecule has 594 valence electrons. The Kier molecular flexibility index (Phi) is 29.5. The number of unbranched alkanes of at least 4 members (excludes halogenated alkanes) is 2. The van der Waals surface area contributed by atoms with Crippen LogP contribution in [-0.2, 0) is 104 Å². The summed E-state index contributed by atoms with van der Waals surface area (Å²) < 4.78 is 39.9. The molecule has 24 nitrogen and oxygen atoms in total. The number of esters is 2. The minimum absolute atomic E-state index is 0.00381. The van der Waals surface area contributed by atoms with Crippen LogP contribution in [0, 0.1) is 11.8 Å². The number of methoxy groups -OCH3 is 4. The lowest BCUT2D eigenvalue weighted by atomic mass is 9.99. The van der Waals surface area contributed by atoms with Gasteiger partial charge in [-0.25, -0.2) is 0 Å². The van der Waals surface area contributed by atoms with E-state index in [2.05, 4.69) is 76.7 Å². The Morgan fingerprint density at radius 1 is 0.505 bits per heavy atom. The van der Waals surface area contributed by atoms with E-state index in [9.17, 15) is 53.1 Å². The Bertz CT molecular complexity index is 4420. The number of benzene rings is 6. The first-order valence-corrected chi connectivity index (χ1v) is 41.2. The van der Waals surface area contributed by atoms with Gasteiger partial charge in [0.1, 0.15) is 13.2 Å². The quantitative estimate of drug-likeness (QED) is 0.0142. The van der Waals surface area contributed by atoms with E-state index in [1.165, 1.54) is 32.5 Å². The van der Waals surface area contributed by atoms with Gasteiger partial charge in [0.05, 0.1) is 53.7 Å². The van der Waals surface area contributed by atoms with Crippen LogP contribution < -0.4 is 50.0 Å². The van der Waals surface area contributed by atoms with Crippen LogP contribution in [0.15, 0.2) is 109 Å². The maximum absolute atomic E-state index is 14.0. The largest absolute Gasteiger partial charge is 0.493 e. The van der Waals surface area contributed by atoms with Gasteiger partial charge in [0, 0.05) is 96.3 Å². The van der Waals surface area contributed by atoms with Crippen molar-refractivity contribution < 1.29 is 85.9 Å². The van der Waals surface area contributed by atoms with E-state index in [0.29, 0.717) is 95.3 Å². The first-order valence-electron chi connectivity index (χ1n) is 38.3. The lowest BCUT2D eigenvalue weighted by Gasteiger charge is -2.36. The highest BCUT2D eigenvalue weighted by Gasteiger charge is 2.41. The van der Waals surface area contributed by atoms with Crippen molar-refractivity contribution in [2.75, 3.05) is 48.9 Å². The Balaban J connectivity index is 0.000000257. The molecule has 0 saturated carbocycles. The number of rotatable bonds is 34. The molecule has 25 heteroatoms. The molecule has 10 rings (SSSR count). The predicted molar refractivity (Wildman–Crippen MR) is 425 cm³/mol. The fourth-order valence-corrected chi connectivity index (χ4v) is 14.9. The van der Waals surface area contributed by atoms with Crippen molar-refractivity contribution in [2.24, 2.45) is 11.8 Å². The zero-order valence-corrected chi connectivity index (χ0v) is 67.3. The van der Waals surface area contributed by atoms with E-state index in [4.69, 9.17) is 23.4 Å². The molecule has 5 N–H and O–H groups in total. The summed E-state index contributed by atoms with van der Waals surface area (Å²) in [6, 6.07) is 33.0. The molecule has 6 aromatic rings. The fraction of sp³-hybridized carbons (Fsp3) is 0.465. The van der Waals surface area contributed by atoms with Gasteiger partial charge in [-0.15, -0.1) is 0 Å². The van der Waals surface area contributed by atoms with Gasteiger partial charge >= 0.3 is 11.9 Å². The summed E-state index contributed by atoms with van der Waals surface area (Å²) in [6.45, 7) is 17.7. The van der Waals surface area contributed by atoms with Crippen LogP contribution in [0.25, 0.3) is 0 Å². The maximum Gasteiger partial charge on any atom is 0.305 e. The number of aryl methyl sites for hydroxylation is 2. The number of ketones is 2. The third kappa shape index (κ3) is 22.3. The van der Waals surface area contributed by atoms with Gasteiger partial charge in [-0.2, -0.15) is 0 Å². The summed E-state index contributed by atoms with van der Waals surface area (Å²) in [6.07, 6.45) is 7.38. The number of aliphatic hydroxyl groups excluding tert-OH is 1. The molecule has 6 atom stereocenters. The average Bonchev–Trinajstić information content (AvgIpc) is 1.62. The molecule has 6 aromatic carbocycles. The highest BCUT2D eigenvalue weighted by Crippen LogP contribution is 2.44. The monoisotopic (exact) mass is 1540 g/mol. The molecule has 0 saturated heterocycles. The van der Waals surface area contributed by atoms with Crippen molar-refractivity contribution in [1.82, 2.24) is 10.6 Å². The molecule has 6 amide bonds. The van der Waals surface area contributed by atoms with E-state index >= 15 is 0 Å². The SMILES string of the molecule is COC(=O)CCCCC(=O)N[C@@H](C)C(=O)C[C@@H](C)C(=O)Nc1cc(CO)cc(COc2cc3c(cc2OC)C(=O)N2c4ccccc4C[C@H]2CC3)c1.COC(=O)CCCCC(=O)N[C@@H](C)C(=O)C[C@@H](C)C(=O)Nc1cc(COc2cc3c(cc2OC)C(=O)N2c4ccccc4C[C@H]2CC3)cc(CO[Si](C)(C)C(C)(C)C)c1.